The second-order valence-corrected chi connectivity index (χ2v) is 7.19. The van der Waals surface area contributed by atoms with Crippen molar-refractivity contribution in [2.45, 2.75) is 46.0 Å². The topological polar surface area (TPSA) is 42.1 Å². The number of pyridine rings is 1. The molecule has 3 rings (SSSR count). The van der Waals surface area contributed by atoms with Crippen molar-refractivity contribution in [1.82, 2.24) is 4.98 Å². The van der Waals surface area contributed by atoms with Gasteiger partial charge in [-0.15, -0.1) is 0 Å². The highest BCUT2D eigenvalue weighted by Crippen LogP contribution is 2.34. The van der Waals surface area contributed by atoms with Gasteiger partial charge in [-0.1, -0.05) is 49.6 Å². The summed E-state index contributed by atoms with van der Waals surface area (Å²) in [6.45, 7) is 4.51. The van der Waals surface area contributed by atoms with Crippen LogP contribution in [0, 0.1) is 5.92 Å². The van der Waals surface area contributed by atoms with Gasteiger partial charge in [0.25, 0.3) is 5.56 Å². The lowest BCUT2D eigenvalue weighted by Gasteiger charge is -2.14. The van der Waals surface area contributed by atoms with Crippen LogP contribution in [0.1, 0.15) is 56.4 Å². The molecule has 0 saturated heterocycles. The van der Waals surface area contributed by atoms with E-state index in [4.69, 9.17) is 16.3 Å². The molecule has 0 aliphatic heterocycles. The molecule has 138 valence electrons. The molecule has 1 aromatic carbocycles. The molecule has 4 heteroatoms. The van der Waals surface area contributed by atoms with Crippen LogP contribution in [0.2, 0.25) is 5.02 Å². The van der Waals surface area contributed by atoms with Gasteiger partial charge in [-0.05, 0) is 55.9 Å². The molecule has 1 saturated carbocycles. The molecule has 1 aromatic heterocycles. The third-order valence-corrected chi connectivity index (χ3v) is 5.30. The average molecular weight is 372 g/mol. The Hall–Kier alpha value is -2.00. The molecule has 1 aliphatic carbocycles. The first kappa shape index (κ1) is 18.8. The van der Waals surface area contributed by atoms with Gasteiger partial charge in [-0.25, -0.2) is 0 Å². The van der Waals surface area contributed by atoms with E-state index >= 15 is 0 Å². The summed E-state index contributed by atoms with van der Waals surface area (Å²) in [5.74, 6) is 1.23. The molecule has 0 amide bonds. The highest BCUT2D eigenvalue weighted by molar-refractivity contribution is 6.32. The first-order valence-corrected chi connectivity index (χ1v) is 9.87. The maximum Gasteiger partial charge on any atom is 0.251 e. The quantitative estimate of drug-likeness (QED) is 0.716. The van der Waals surface area contributed by atoms with E-state index in [-0.39, 0.29) is 5.56 Å². The number of aromatic nitrogens is 1. The number of aryl methyl sites for hydroxylation is 1. The standard InChI is InChI=1S/C22H26ClNO2/c1-3-16-9-11-20(24-22(16)25)18(13-15-7-5-6-8-15)17-10-12-21(26-4-2)19(23)14-17/h9-15H,3-8H2,1-2H3,(H,24,25)/b18-13+. The lowest BCUT2D eigenvalue weighted by molar-refractivity contribution is 0.340. The Morgan fingerprint density at radius 3 is 2.62 bits per heavy atom. The minimum absolute atomic E-state index is 0.0145. The number of benzene rings is 1. The number of aromatic amines is 1. The first-order chi connectivity index (χ1) is 12.6. The van der Waals surface area contributed by atoms with Gasteiger partial charge in [0.15, 0.2) is 0 Å². The predicted octanol–water partition coefficient (Wildman–Crippen LogP) is 5.61. The molecular weight excluding hydrogens is 346 g/mol. The van der Waals surface area contributed by atoms with E-state index < -0.39 is 0 Å². The van der Waals surface area contributed by atoms with Crippen molar-refractivity contribution >= 4 is 17.2 Å². The molecule has 0 spiro atoms. The van der Waals surface area contributed by atoms with E-state index in [2.05, 4.69) is 11.1 Å². The van der Waals surface area contributed by atoms with Crippen LogP contribution in [0.3, 0.4) is 0 Å². The zero-order valence-corrected chi connectivity index (χ0v) is 16.2. The zero-order chi connectivity index (χ0) is 18.5. The Labute approximate surface area is 160 Å². The van der Waals surface area contributed by atoms with Crippen molar-refractivity contribution in [2.24, 2.45) is 5.92 Å². The Bertz CT molecular complexity index is 847. The fourth-order valence-electron chi connectivity index (χ4n) is 3.58. The number of hydrogen-bond donors (Lipinski definition) is 1. The van der Waals surface area contributed by atoms with Crippen LogP contribution in [-0.2, 0) is 6.42 Å². The summed E-state index contributed by atoms with van der Waals surface area (Å²) in [6, 6.07) is 9.78. The Morgan fingerprint density at radius 2 is 2.00 bits per heavy atom. The number of rotatable bonds is 6. The van der Waals surface area contributed by atoms with E-state index in [1.54, 1.807) is 0 Å². The van der Waals surface area contributed by atoms with Gasteiger partial charge < -0.3 is 9.72 Å². The van der Waals surface area contributed by atoms with Crippen molar-refractivity contribution in [3.05, 3.63) is 68.6 Å². The van der Waals surface area contributed by atoms with Gasteiger partial charge in [0.05, 0.1) is 11.6 Å². The highest BCUT2D eigenvalue weighted by Gasteiger charge is 2.17. The number of ether oxygens (including phenoxy) is 1. The first-order valence-electron chi connectivity index (χ1n) is 9.49. The van der Waals surface area contributed by atoms with E-state index in [0.717, 1.165) is 28.8 Å². The molecule has 1 heterocycles. The van der Waals surface area contributed by atoms with Crippen molar-refractivity contribution in [1.29, 1.82) is 0 Å². The Balaban J connectivity index is 2.05. The van der Waals surface area contributed by atoms with Crippen molar-refractivity contribution in [3.63, 3.8) is 0 Å². The predicted molar refractivity (Wildman–Crippen MR) is 108 cm³/mol. The second kappa shape index (κ2) is 8.59. The van der Waals surface area contributed by atoms with Crippen LogP contribution in [0.25, 0.3) is 5.57 Å². The van der Waals surface area contributed by atoms with Gasteiger partial charge in [-0.2, -0.15) is 0 Å². The minimum atomic E-state index is -0.0145. The van der Waals surface area contributed by atoms with E-state index in [1.165, 1.54) is 25.7 Å². The number of hydrogen-bond acceptors (Lipinski definition) is 2. The maximum absolute atomic E-state index is 12.3. The fourth-order valence-corrected chi connectivity index (χ4v) is 3.82. The Morgan fingerprint density at radius 1 is 1.23 bits per heavy atom. The summed E-state index contributed by atoms with van der Waals surface area (Å²) < 4.78 is 5.55. The van der Waals surface area contributed by atoms with Gasteiger partial charge >= 0.3 is 0 Å². The van der Waals surface area contributed by atoms with Crippen LogP contribution >= 0.6 is 11.6 Å². The molecule has 0 radical (unpaired) electrons. The summed E-state index contributed by atoms with van der Waals surface area (Å²) in [5.41, 5.74) is 3.68. The lowest BCUT2D eigenvalue weighted by Crippen LogP contribution is -2.13. The van der Waals surface area contributed by atoms with E-state index in [0.29, 0.717) is 23.3 Å². The summed E-state index contributed by atoms with van der Waals surface area (Å²) in [6.07, 6.45) is 7.96. The van der Waals surface area contributed by atoms with Crippen molar-refractivity contribution in [3.8, 4) is 5.75 Å². The molecule has 1 N–H and O–H groups in total. The zero-order valence-electron chi connectivity index (χ0n) is 15.5. The SMILES string of the molecule is CCOc1ccc(/C(=C\C2CCCC2)c2ccc(CC)c(=O)[nH]2)cc1Cl. The highest BCUT2D eigenvalue weighted by atomic mass is 35.5. The largest absolute Gasteiger partial charge is 0.492 e. The molecule has 2 aromatic rings. The maximum atomic E-state index is 12.3. The molecule has 0 unspecified atom stereocenters. The molecule has 1 fully saturated rings. The molecule has 0 bridgehead atoms. The summed E-state index contributed by atoms with van der Waals surface area (Å²) >= 11 is 6.41. The third kappa shape index (κ3) is 4.21. The van der Waals surface area contributed by atoms with Gasteiger partial charge in [0.2, 0.25) is 0 Å². The van der Waals surface area contributed by atoms with E-state index in [9.17, 15) is 4.79 Å². The smallest absolute Gasteiger partial charge is 0.251 e. The van der Waals surface area contributed by atoms with Gasteiger partial charge in [0, 0.05) is 16.8 Å². The number of allylic oxidation sites excluding steroid dienone is 1. The molecule has 0 atom stereocenters. The average Bonchev–Trinajstić information content (AvgIpc) is 3.15. The lowest BCUT2D eigenvalue weighted by atomic mass is 9.95. The molecule has 26 heavy (non-hydrogen) atoms. The normalized spacial score (nSPS) is 15.4. The van der Waals surface area contributed by atoms with Crippen LogP contribution in [-0.4, -0.2) is 11.6 Å². The number of H-pyrrole nitrogens is 1. The van der Waals surface area contributed by atoms with Crippen LogP contribution < -0.4 is 10.3 Å². The fraction of sp³-hybridized carbons (Fsp3) is 0.409. The summed E-state index contributed by atoms with van der Waals surface area (Å²) in [7, 11) is 0. The third-order valence-electron chi connectivity index (χ3n) is 5.01. The summed E-state index contributed by atoms with van der Waals surface area (Å²) in [4.78, 5) is 15.4. The number of halogens is 1. The Kier molecular flexibility index (Phi) is 6.20. The van der Waals surface area contributed by atoms with Crippen LogP contribution in [0.15, 0.2) is 41.2 Å². The molecule has 1 aliphatic rings. The van der Waals surface area contributed by atoms with Crippen LogP contribution in [0.4, 0.5) is 0 Å². The molecular formula is C22H26ClNO2. The van der Waals surface area contributed by atoms with Crippen LogP contribution in [0.5, 0.6) is 5.75 Å². The van der Waals surface area contributed by atoms with Gasteiger partial charge in [-0.3, -0.25) is 4.79 Å². The monoisotopic (exact) mass is 371 g/mol. The van der Waals surface area contributed by atoms with Gasteiger partial charge in [0.1, 0.15) is 5.75 Å². The second-order valence-electron chi connectivity index (χ2n) is 6.78. The van der Waals surface area contributed by atoms with Crippen molar-refractivity contribution < 1.29 is 4.74 Å². The number of nitrogens with one attached hydrogen (secondary N) is 1. The summed E-state index contributed by atoms with van der Waals surface area (Å²) in [5, 5.41) is 0.592. The minimum Gasteiger partial charge on any atom is -0.492 e. The molecule has 3 nitrogen and oxygen atoms in total. The van der Waals surface area contributed by atoms with Crippen molar-refractivity contribution in [2.75, 3.05) is 6.61 Å². The van der Waals surface area contributed by atoms with E-state index in [1.807, 2.05) is 44.2 Å².